The lowest BCUT2D eigenvalue weighted by Gasteiger charge is -2.11. The second-order valence-electron chi connectivity index (χ2n) is 6.12. The van der Waals surface area contributed by atoms with Crippen molar-refractivity contribution in [2.75, 3.05) is 11.1 Å². The van der Waals surface area contributed by atoms with Gasteiger partial charge in [-0.25, -0.2) is 8.42 Å². The lowest BCUT2D eigenvalue weighted by molar-refractivity contribution is -0.113. The molecule has 4 nitrogen and oxygen atoms in total. The van der Waals surface area contributed by atoms with E-state index in [9.17, 15) is 13.2 Å². The van der Waals surface area contributed by atoms with Gasteiger partial charge in [0.25, 0.3) is 0 Å². The van der Waals surface area contributed by atoms with E-state index >= 15 is 0 Å². The van der Waals surface area contributed by atoms with Crippen molar-refractivity contribution in [3.8, 4) is 0 Å². The third kappa shape index (κ3) is 6.22. The number of rotatable bonds is 7. The van der Waals surface area contributed by atoms with Gasteiger partial charge in [0.05, 0.1) is 11.4 Å². The number of nitrogens with one attached hydrogen (secondary N) is 1. The van der Waals surface area contributed by atoms with E-state index in [0.717, 1.165) is 14.3 Å². The van der Waals surface area contributed by atoms with Crippen molar-refractivity contribution in [2.45, 2.75) is 15.5 Å². The van der Waals surface area contributed by atoms with Gasteiger partial charge < -0.3 is 5.32 Å². The first-order chi connectivity index (χ1) is 13.4. The zero-order valence-corrected chi connectivity index (χ0v) is 18.1. The summed E-state index contributed by atoms with van der Waals surface area (Å²) in [4.78, 5) is 14.3. The molecule has 0 heterocycles. The molecule has 7 heteroatoms. The van der Waals surface area contributed by atoms with E-state index < -0.39 is 21.5 Å². The fourth-order valence-electron chi connectivity index (χ4n) is 2.59. The normalized spacial score (nSPS) is 11.2. The van der Waals surface area contributed by atoms with E-state index in [4.69, 9.17) is 0 Å². The van der Waals surface area contributed by atoms with Crippen LogP contribution in [-0.2, 0) is 20.4 Å². The molecule has 3 aromatic rings. The van der Waals surface area contributed by atoms with Crippen LogP contribution in [0.5, 0.6) is 0 Å². The summed E-state index contributed by atoms with van der Waals surface area (Å²) >= 11 is 4.83. The van der Waals surface area contributed by atoms with Gasteiger partial charge in [0.1, 0.15) is 5.75 Å². The molecule has 0 atom stereocenters. The highest BCUT2D eigenvalue weighted by atomic mass is 79.9. The zero-order valence-electron chi connectivity index (χ0n) is 14.8. The molecule has 0 spiro atoms. The van der Waals surface area contributed by atoms with Gasteiger partial charge in [-0.2, -0.15) is 0 Å². The third-order valence-electron chi connectivity index (χ3n) is 3.76. The van der Waals surface area contributed by atoms with Gasteiger partial charge in [-0.3, -0.25) is 4.79 Å². The monoisotopic (exact) mass is 475 g/mol. The molecule has 28 heavy (non-hydrogen) atoms. The van der Waals surface area contributed by atoms with Crippen molar-refractivity contribution in [3.05, 3.63) is 88.9 Å². The Morgan fingerprint density at radius 2 is 1.64 bits per heavy atom. The van der Waals surface area contributed by atoms with Crippen LogP contribution in [0.25, 0.3) is 0 Å². The number of anilines is 1. The first-order valence-corrected chi connectivity index (χ1v) is 11.9. The summed E-state index contributed by atoms with van der Waals surface area (Å²) in [6, 6.07) is 24.2. The average Bonchev–Trinajstić information content (AvgIpc) is 2.63. The van der Waals surface area contributed by atoms with E-state index in [1.54, 1.807) is 30.3 Å². The lowest BCUT2D eigenvalue weighted by Crippen LogP contribution is -2.24. The quantitative estimate of drug-likeness (QED) is 0.512. The van der Waals surface area contributed by atoms with Gasteiger partial charge in [0.15, 0.2) is 9.84 Å². The summed E-state index contributed by atoms with van der Waals surface area (Å²) in [6.45, 7) is 0. The van der Waals surface area contributed by atoms with Crippen LogP contribution < -0.4 is 5.32 Å². The summed E-state index contributed by atoms with van der Waals surface area (Å²) in [6.07, 6.45) is 0. The number of sulfone groups is 1. The molecular weight excluding hydrogens is 458 g/mol. The van der Waals surface area contributed by atoms with Gasteiger partial charge in [-0.1, -0.05) is 70.2 Å². The van der Waals surface area contributed by atoms with Crippen LogP contribution in [0.4, 0.5) is 5.69 Å². The van der Waals surface area contributed by atoms with E-state index in [0.29, 0.717) is 11.3 Å². The van der Waals surface area contributed by atoms with E-state index in [1.807, 2.05) is 48.5 Å². The van der Waals surface area contributed by atoms with Gasteiger partial charge in [-0.15, -0.1) is 0 Å². The molecular formula is C21H18BrNO3S2. The average molecular weight is 476 g/mol. The number of para-hydroxylation sites is 1. The standard InChI is InChI=1S/C21H18BrNO3S2/c22-17-8-6-7-16(13-17)14-28(25,26)15-21(24)23-19-11-4-5-12-20(19)27-18-9-2-1-3-10-18/h1-13H,14-15H2,(H,23,24). The second-order valence-corrected chi connectivity index (χ2v) is 10.2. The summed E-state index contributed by atoms with van der Waals surface area (Å²) in [5.74, 6) is -1.29. The Morgan fingerprint density at radius 1 is 0.929 bits per heavy atom. The fourth-order valence-corrected chi connectivity index (χ4v) is 5.22. The van der Waals surface area contributed by atoms with Gasteiger partial charge in [0, 0.05) is 14.3 Å². The molecule has 0 radical (unpaired) electrons. The van der Waals surface area contributed by atoms with Crippen molar-refractivity contribution in [3.63, 3.8) is 0 Å². The first-order valence-electron chi connectivity index (χ1n) is 8.48. The molecule has 3 aromatic carbocycles. The maximum absolute atomic E-state index is 12.4. The second kappa shape index (κ2) is 9.41. The molecule has 0 bridgehead atoms. The van der Waals surface area contributed by atoms with E-state index in [2.05, 4.69) is 21.2 Å². The minimum Gasteiger partial charge on any atom is -0.324 e. The smallest absolute Gasteiger partial charge is 0.239 e. The Hall–Kier alpha value is -2.09. The molecule has 0 saturated carbocycles. The predicted octanol–water partition coefficient (Wildman–Crippen LogP) is 5.15. The van der Waals surface area contributed by atoms with Gasteiger partial charge >= 0.3 is 0 Å². The highest BCUT2D eigenvalue weighted by molar-refractivity contribution is 9.10. The highest BCUT2D eigenvalue weighted by Gasteiger charge is 2.18. The molecule has 0 aliphatic rings. The zero-order chi connectivity index (χ0) is 20.0. The Bertz CT molecular complexity index is 1070. The Labute approximate surface area is 177 Å². The van der Waals surface area contributed by atoms with Crippen LogP contribution in [0.3, 0.4) is 0 Å². The molecule has 0 saturated heterocycles. The molecule has 3 rings (SSSR count). The number of benzene rings is 3. The van der Waals surface area contributed by atoms with Crippen LogP contribution in [0.15, 0.2) is 93.1 Å². The summed E-state index contributed by atoms with van der Waals surface area (Å²) in [7, 11) is -3.58. The van der Waals surface area contributed by atoms with Crippen LogP contribution in [0.2, 0.25) is 0 Å². The number of amides is 1. The number of carbonyl (C=O) groups is 1. The fraction of sp³-hybridized carbons (Fsp3) is 0.0952. The molecule has 144 valence electrons. The van der Waals surface area contributed by atoms with Crippen molar-refractivity contribution in [1.82, 2.24) is 0 Å². The highest BCUT2D eigenvalue weighted by Crippen LogP contribution is 2.33. The molecule has 0 unspecified atom stereocenters. The van der Waals surface area contributed by atoms with Crippen molar-refractivity contribution >= 4 is 49.1 Å². The summed E-state index contributed by atoms with van der Waals surface area (Å²) < 4.78 is 25.6. The summed E-state index contributed by atoms with van der Waals surface area (Å²) in [5, 5.41) is 2.74. The third-order valence-corrected chi connectivity index (χ3v) is 6.81. The number of halogens is 1. The first kappa shape index (κ1) is 20.6. The predicted molar refractivity (Wildman–Crippen MR) is 117 cm³/mol. The largest absolute Gasteiger partial charge is 0.324 e. The van der Waals surface area contributed by atoms with Crippen LogP contribution >= 0.6 is 27.7 Å². The number of hydrogen-bond acceptors (Lipinski definition) is 4. The SMILES string of the molecule is O=C(CS(=O)(=O)Cc1cccc(Br)c1)Nc1ccccc1Sc1ccccc1. The van der Waals surface area contributed by atoms with Crippen molar-refractivity contribution < 1.29 is 13.2 Å². The number of hydrogen-bond donors (Lipinski definition) is 1. The van der Waals surface area contributed by atoms with Crippen molar-refractivity contribution in [1.29, 1.82) is 0 Å². The Balaban J connectivity index is 1.68. The minimum atomic E-state index is -3.58. The van der Waals surface area contributed by atoms with Gasteiger partial charge in [-0.05, 0) is 42.0 Å². The van der Waals surface area contributed by atoms with Crippen LogP contribution in [0.1, 0.15) is 5.56 Å². The molecule has 0 fully saturated rings. The molecule has 1 amide bonds. The molecule has 0 aliphatic heterocycles. The maximum atomic E-state index is 12.4. The Morgan fingerprint density at radius 3 is 2.39 bits per heavy atom. The van der Waals surface area contributed by atoms with E-state index in [1.165, 1.54) is 11.8 Å². The lowest BCUT2D eigenvalue weighted by atomic mass is 10.2. The van der Waals surface area contributed by atoms with Crippen LogP contribution in [-0.4, -0.2) is 20.1 Å². The summed E-state index contributed by atoms with van der Waals surface area (Å²) in [5.41, 5.74) is 1.24. The molecule has 0 aromatic heterocycles. The van der Waals surface area contributed by atoms with Crippen LogP contribution in [0, 0.1) is 0 Å². The minimum absolute atomic E-state index is 0.180. The number of carbonyl (C=O) groups excluding carboxylic acids is 1. The maximum Gasteiger partial charge on any atom is 0.239 e. The van der Waals surface area contributed by atoms with Crippen molar-refractivity contribution in [2.24, 2.45) is 0 Å². The molecule has 1 N–H and O–H groups in total. The molecule has 0 aliphatic carbocycles. The Kier molecular flexibility index (Phi) is 6.93. The topological polar surface area (TPSA) is 63.2 Å². The van der Waals surface area contributed by atoms with E-state index in [-0.39, 0.29) is 5.75 Å². The van der Waals surface area contributed by atoms with Gasteiger partial charge in [0.2, 0.25) is 5.91 Å².